The second-order valence-electron chi connectivity index (χ2n) is 3.04. The van der Waals surface area contributed by atoms with E-state index in [-0.39, 0.29) is 0 Å². The Morgan fingerprint density at radius 2 is 1.79 bits per heavy atom. The van der Waals surface area contributed by atoms with Crippen LogP contribution in [0.3, 0.4) is 0 Å². The van der Waals surface area contributed by atoms with Crippen LogP contribution in [0.15, 0.2) is 0 Å². The maximum absolute atomic E-state index is 12.1. The highest BCUT2D eigenvalue weighted by molar-refractivity contribution is 7.90. The largest absolute Gasteiger partial charge is 0.406 e. The van der Waals surface area contributed by atoms with E-state index in [9.17, 15) is 21.6 Å². The Labute approximate surface area is 80.7 Å². The smallest absolute Gasteiger partial charge is 0.329 e. The van der Waals surface area contributed by atoms with Gasteiger partial charge in [0.25, 0.3) is 0 Å². The molecule has 0 aromatic rings. The monoisotopic (exact) mass is 234 g/mol. The molecule has 0 bridgehead atoms. The highest BCUT2D eigenvalue weighted by Crippen LogP contribution is 2.20. The molecule has 0 amide bonds. The molecule has 0 aliphatic rings. The molecule has 0 fully saturated rings. The zero-order chi connectivity index (χ0) is 11.6. The van der Waals surface area contributed by atoms with E-state index in [2.05, 4.69) is 0 Å². The van der Waals surface area contributed by atoms with Crippen molar-refractivity contribution in [2.75, 3.05) is 6.54 Å². The molecule has 4 nitrogen and oxygen atoms in total. The molecule has 0 aromatic heterocycles. The van der Waals surface area contributed by atoms with E-state index >= 15 is 0 Å². The summed E-state index contributed by atoms with van der Waals surface area (Å²) in [6, 6.07) is -2.21. The maximum atomic E-state index is 12.1. The predicted octanol–water partition coefficient (Wildman–Crippen LogP) is 0.204. The van der Waals surface area contributed by atoms with Gasteiger partial charge >= 0.3 is 6.18 Å². The second kappa shape index (κ2) is 4.45. The Morgan fingerprint density at radius 3 is 2.00 bits per heavy atom. The summed E-state index contributed by atoms with van der Waals surface area (Å²) in [5.74, 6) is 0. The van der Waals surface area contributed by atoms with E-state index in [1.54, 1.807) is 0 Å². The number of hydrogen-bond donors (Lipinski definition) is 2. The van der Waals surface area contributed by atoms with E-state index in [1.807, 2.05) is 0 Å². The average molecular weight is 234 g/mol. The third-order valence-electron chi connectivity index (χ3n) is 1.56. The number of nitrogens with one attached hydrogen (secondary N) is 1. The van der Waals surface area contributed by atoms with E-state index < -0.39 is 34.0 Å². The Balaban J connectivity index is 4.65. The fraction of sp³-hybridized carbons (Fsp3) is 1.00. The summed E-state index contributed by atoms with van der Waals surface area (Å²) in [7, 11) is -3.94. The maximum Gasteiger partial charge on any atom is 0.406 e. The summed E-state index contributed by atoms with van der Waals surface area (Å²) in [5, 5.41) is -0.918. The number of hydrogen-bond acceptors (Lipinski definition) is 3. The van der Waals surface area contributed by atoms with Crippen molar-refractivity contribution in [3.63, 3.8) is 0 Å². The second-order valence-corrected chi connectivity index (χ2v) is 5.31. The Bertz CT molecular complexity index is 273. The molecule has 0 aliphatic carbocycles. The summed E-state index contributed by atoms with van der Waals surface area (Å²) < 4.78 is 60.0. The van der Waals surface area contributed by atoms with Crippen molar-refractivity contribution in [3.05, 3.63) is 0 Å². The molecule has 0 spiro atoms. The van der Waals surface area contributed by atoms with Crippen molar-refractivity contribution >= 4 is 10.0 Å². The van der Waals surface area contributed by atoms with Gasteiger partial charge in [-0.1, -0.05) is 0 Å². The first kappa shape index (κ1) is 13.7. The first-order valence-corrected chi connectivity index (χ1v) is 5.43. The van der Waals surface area contributed by atoms with E-state index in [0.29, 0.717) is 0 Å². The first-order chi connectivity index (χ1) is 6.11. The van der Waals surface area contributed by atoms with Gasteiger partial charge in [0.1, 0.15) is 6.04 Å². The topological polar surface area (TPSA) is 72.2 Å². The lowest BCUT2D eigenvalue weighted by Gasteiger charge is -2.20. The van der Waals surface area contributed by atoms with Gasteiger partial charge in [0, 0.05) is 6.54 Å². The molecule has 86 valence electrons. The highest BCUT2D eigenvalue weighted by atomic mass is 32.2. The van der Waals surface area contributed by atoms with Crippen LogP contribution in [0.5, 0.6) is 0 Å². The average Bonchev–Trinajstić information content (AvgIpc) is 1.97. The molecule has 0 rings (SSSR count). The lowest BCUT2D eigenvalue weighted by molar-refractivity contribution is -0.148. The Morgan fingerprint density at radius 1 is 1.36 bits per heavy atom. The summed E-state index contributed by atoms with van der Waals surface area (Å²) in [4.78, 5) is 0. The van der Waals surface area contributed by atoms with Crippen LogP contribution < -0.4 is 10.5 Å². The Kier molecular flexibility index (Phi) is 4.34. The zero-order valence-electron chi connectivity index (χ0n) is 7.80. The minimum Gasteiger partial charge on any atom is -0.329 e. The van der Waals surface area contributed by atoms with Crippen molar-refractivity contribution in [3.8, 4) is 0 Å². The molecule has 14 heavy (non-hydrogen) atoms. The minimum absolute atomic E-state index is 0.810. The predicted molar refractivity (Wildman–Crippen MR) is 46.1 cm³/mol. The van der Waals surface area contributed by atoms with Crippen LogP contribution in [0.25, 0.3) is 0 Å². The third kappa shape index (κ3) is 3.81. The van der Waals surface area contributed by atoms with Gasteiger partial charge in [-0.25, -0.2) is 13.1 Å². The van der Waals surface area contributed by atoms with Crippen LogP contribution in [0, 0.1) is 0 Å². The standard InChI is InChI=1S/C6H13F3N2O2S/c1-4(2)14(12,13)11-5(3-10)6(7,8)9/h4-5,11H,3,10H2,1-2H3. The number of sulfonamides is 1. The van der Waals surface area contributed by atoms with Crippen molar-refractivity contribution in [2.24, 2.45) is 5.73 Å². The summed E-state index contributed by atoms with van der Waals surface area (Å²) in [6.45, 7) is 1.76. The number of nitrogens with two attached hydrogens (primary N) is 1. The molecule has 0 saturated carbocycles. The summed E-state index contributed by atoms with van der Waals surface area (Å²) >= 11 is 0. The van der Waals surface area contributed by atoms with Gasteiger partial charge < -0.3 is 5.73 Å². The van der Waals surface area contributed by atoms with Crippen LogP contribution in [-0.2, 0) is 10.0 Å². The van der Waals surface area contributed by atoms with Gasteiger partial charge in [0.05, 0.1) is 5.25 Å². The van der Waals surface area contributed by atoms with E-state index in [4.69, 9.17) is 5.73 Å². The number of halogens is 3. The summed E-state index contributed by atoms with van der Waals surface area (Å²) in [6.07, 6.45) is -4.66. The van der Waals surface area contributed by atoms with Gasteiger partial charge in [-0.3, -0.25) is 0 Å². The summed E-state index contributed by atoms with van der Waals surface area (Å²) in [5.41, 5.74) is 4.82. The van der Waals surface area contributed by atoms with E-state index in [0.717, 1.165) is 0 Å². The van der Waals surface area contributed by atoms with Crippen molar-refractivity contribution in [1.82, 2.24) is 4.72 Å². The Hall–Kier alpha value is -0.340. The molecular formula is C6H13F3N2O2S. The van der Waals surface area contributed by atoms with Crippen LogP contribution in [-0.4, -0.2) is 32.4 Å². The molecule has 0 saturated heterocycles. The molecule has 0 aliphatic heterocycles. The quantitative estimate of drug-likeness (QED) is 0.730. The number of rotatable bonds is 4. The molecule has 8 heteroatoms. The fourth-order valence-electron chi connectivity index (χ4n) is 0.583. The van der Waals surface area contributed by atoms with Crippen LogP contribution >= 0.6 is 0 Å². The molecule has 1 atom stereocenters. The van der Waals surface area contributed by atoms with Gasteiger partial charge in [0.15, 0.2) is 0 Å². The zero-order valence-corrected chi connectivity index (χ0v) is 8.61. The lowest BCUT2D eigenvalue weighted by Crippen LogP contribution is -2.51. The van der Waals surface area contributed by atoms with Gasteiger partial charge in [-0.05, 0) is 13.8 Å². The lowest BCUT2D eigenvalue weighted by atomic mass is 10.3. The van der Waals surface area contributed by atoms with Gasteiger partial charge in [-0.2, -0.15) is 13.2 Å². The fourth-order valence-corrected chi connectivity index (χ4v) is 1.48. The van der Waals surface area contributed by atoms with E-state index in [1.165, 1.54) is 18.6 Å². The molecule has 0 heterocycles. The van der Waals surface area contributed by atoms with Crippen LogP contribution in [0.1, 0.15) is 13.8 Å². The van der Waals surface area contributed by atoms with Crippen molar-refractivity contribution in [1.29, 1.82) is 0 Å². The minimum atomic E-state index is -4.66. The van der Waals surface area contributed by atoms with Crippen LogP contribution in [0.2, 0.25) is 0 Å². The molecular weight excluding hydrogens is 221 g/mol. The van der Waals surface area contributed by atoms with Crippen LogP contribution in [0.4, 0.5) is 13.2 Å². The van der Waals surface area contributed by atoms with Gasteiger partial charge in [-0.15, -0.1) is 0 Å². The number of alkyl halides is 3. The SMILES string of the molecule is CC(C)S(=O)(=O)NC(CN)C(F)(F)F. The molecule has 1 unspecified atom stereocenters. The normalized spacial score (nSPS) is 15.9. The van der Waals surface area contributed by atoms with Gasteiger partial charge in [0.2, 0.25) is 10.0 Å². The molecule has 0 radical (unpaired) electrons. The van der Waals surface area contributed by atoms with Crippen molar-refractivity contribution < 1.29 is 21.6 Å². The van der Waals surface area contributed by atoms with Crippen molar-refractivity contribution in [2.45, 2.75) is 31.3 Å². The third-order valence-corrected chi connectivity index (χ3v) is 3.41. The molecule has 3 N–H and O–H groups in total. The highest BCUT2D eigenvalue weighted by Gasteiger charge is 2.41. The first-order valence-electron chi connectivity index (χ1n) is 3.89. The molecule has 0 aromatic carbocycles.